The molecule has 1 rings (SSSR count). The van der Waals surface area contributed by atoms with E-state index in [0.717, 1.165) is 18.2 Å². The number of alkyl halides is 5. The summed E-state index contributed by atoms with van der Waals surface area (Å²) in [4.78, 5) is 0. The van der Waals surface area contributed by atoms with Gasteiger partial charge >= 0.3 is 12.1 Å². The smallest absolute Gasteiger partial charge is 0.388 e. The second kappa shape index (κ2) is 3.67. The van der Waals surface area contributed by atoms with Crippen LogP contribution < -0.4 is 5.32 Å². The molecule has 0 atom stereocenters. The number of halogens is 5. The zero-order chi connectivity index (χ0) is 11.7. The Morgan fingerprint density at radius 2 is 1.67 bits per heavy atom. The largest absolute Gasteiger partial charge is 0.458 e. The van der Waals surface area contributed by atoms with Crippen LogP contribution in [0.25, 0.3) is 0 Å². The second-order valence-corrected chi connectivity index (χ2v) is 2.90. The number of hydrogen-bond donors (Lipinski definition) is 1. The first-order valence-electron chi connectivity index (χ1n) is 4.02. The van der Waals surface area contributed by atoms with Crippen LogP contribution in [0.4, 0.5) is 27.6 Å². The first kappa shape index (κ1) is 11.7. The van der Waals surface area contributed by atoms with Crippen molar-refractivity contribution in [3.8, 4) is 0 Å². The Balaban J connectivity index is 3.15. The maximum atomic E-state index is 12.8. The van der Waals surface area contributed by atoms with Crippen molar-refractivity contribution in [3.05, 3.63) is 29.8 Å². The van der Waals surface area contributed by atoms with Crippen molar-refractivity contribution < 1.29 is 22.0 Å². The van der Waals surface area contributed by atoms with Gasteiger partial charge in [-0.05, 0) is 12.1 Å². The van der Waals surface area contributed by atoms with Crippen molar-refractivity contribution in [1.82, 2.24) is 0 Å². The molecule has 0 spiro atoms. The van der Waals surface area contributed by atoms with Gasteiger partial charge in [-0.1, -0.05) is 12.1 Å². The SMILES string of the molecule is CNc1cccc(C(F)(F)C(F)(F)F)c1. The van der Waals surface area contributed by atoms with E-state index in [1.807, 2.05) is 0 Å². The minimum absolute atomic E-state index is 0.205. The van der Waals surface area contributed by atoms with E-state index < -0.39 is 17.7 Å². The Labute approximate surface area is 82.9 Å². The zero-order valence-electron chi connectivity index (χ0n) is 7.70. The minimum Gasteiger partial charge on any atom is -0.388 e. The first-order chi connectivity index (χ1) is 6.79. The van der Waals surface area contributed by atoms with Crippen molar-refractivity contribution in [2.24, 2.45) is 0 Å². The number of hydrogen-bond acceptors (Lipinski definition) is 1. The zero-order valence-corrected chi connectivity index (χ0v) is 7.70. The summed E-state index contributed by atoms with van der Waals surface area (Å²) in [7, 11) is 1.44. The molecule has 1 aromatic rings. The van der Waals surface area contributed by atoms with E-state index in [2.05, 4.69) is 5.32 Å². The lowest BCUT2D eigenvalue weighted by Crippen LogP contribution is -2.33. The summed E-state index contributed by atoms with van der Waals surface area (Å²) < 4.78 is 61.6. The molecule has 15 heavy (non-hydrogen) atoms. The summed E-state index contributed by atoms with van der Waals surface area (Å²) in [5.41, 5.74) is -0.863. The lowest BCUT2D eigenvalue weighted by atomic mass is 10.1. The third kappa shape index (κ3) is 2.19. The average molecular weight is 225 g/mol. The lowest BCUT2D eigenvalue weighted by molar-refractivity contribution is -0.289. The monoisotopic (exact) mass is 225 g/mol. The molecule has 0 aliphatic carbocycles. The Kier molecular flexibility index (Phi) is 2.88. The summed E-state index contributed by atoms with van der Waals surface area (Å²) in [6.45, 7) is 0. The summed E-state index contributed by atoms with van der Waals surface area (Å²) in [5.74, 6) is -4.82. The van der Waals surface area contributed by atoms with Crippen LogP contribution in [0.1, 0.15) is 5.56 Å². The maximum Gasteiger partial charge on any atom is 0.458 e. The second-order valence-electron chi connectivity index (χ2n) is 2.90. The molecular formula is C9H8F5N. The van der Waals surface area contributed by atoms with Crippen molar-refractivity contribution >= 4 is 5.69 Å². The van der Waals surface area contributed by atoms with Gasteiger partial charge in [0, 0.05) is 18.3 Å². The predicted octanol–water partition coefficient (Wildman–Crippen LogP) is 3.38. The van der Waals surface area contributed by atoms with Gasteiger partial charge in [0.1, 0.15) is 0 Å². The van der Waals surface area contributed by atoms with E-state index in [-0.39, 0.29) is 5.69 Å². The van der Waals surface area contributed by atoms with Crippen LogP contribution in [0.5, 0.6) is 0 Å². The van der Waals surface area contributed by atoms with Gasteiger partial charge in [-0.2, -0.15) is 22.0 Å². The molecule has 0 amide bonds. The summed E-state index contributed by atoms with van der Waals surface area (Å²) in [6.07, 6.45) is -5.57. The van der Waals surface area contributed by atoms with Crippen molar-refractivity contribution in [2.45, 2.75) is 12.1 Å². The summed E-state index contributed by atoms with van der Waals surface area (Å²) in [5, 5.41) is 2.49. The molecule has 1 N–H and O–H groups in total. The van der Waals surface area contributed by atoms with Gasteiger partial charge in [0.25, 0.3) is 0 Å². The highest BCUT2D eigenvalue weighted by Crippen LogP contribution is 2.44. The lowest BCUT2D eigenvalue weighted by Gasteiger charge is -2.20. The molecule has 0 aromatic heterocycles. The molecule has 1 aromatic carbocycles. The van der Waals surface area contributed by atoms with Crippen LogP contribution in [-0.4, -0.2) is 13.2 Å². The van der Waals surface area contributed by atoms with Crippen LogP contribution in [0, 0.1) is 0 Å². The number of nitrogens with one attached hydrogen (secondary N) is 1. The van der Waals surface area contributed by atoms with Gasteiger partial charge in [-0.15, -0.1) is 0 Å². The van der Waals surface area contributed by atoms with Gasteiger partial charge in [0.2, 0.25) is 0 Å². The minimum atomic E-state index is -5.57. The highest BCUT2D eigenvalue weighted by molar-refractivity contribution is 5.46. The number of benzene rings is 1. The van der Waals surface area contributed by atoms with Crippen LogP contribution in [-0.2, 0) is 5.92 Å². The molecule has 0 aliphatic rings. The molecule has 84 valence electrons. The van der Waals surface area contributed by atoms with Gasteiger partial charge in [-0.3, -0.25) is 0 Å². The molecule has 0 aliphatic heterocycles. The first-order valence-corrected chi connectivity index (χ1v) is 4.02. The predicted molar refractivity (Wildman–Crippen MR) is 45.9 cm³/mol. The third-order valence-electron chi connectivity index (χ3n) is 1.87. The Morgan fingerprint density at radius 1 is 1.07 bits per heavy atom. The van der Waals surface area contributed by atoms with Crippen molar-refractivity contribution in [1.29, 1.82) is 0 Å². The van der Waals surface area contributed by atoms with E-state index in [1.54, 1.807) is 0 Å². The summed E-state index contributed by atoms with van der Waals surface area (Å²) >= 11 is 0. The topological polar surface area (TPSA) is 12.0 Å². The van der Waals surface area contributed by atoms with Gasteiger partial charge in [-0.25, -0.2) is 0 Å². The summed E-state index contributed by atoms with van der Waals surface area (Å²) in [6, 6.07) is 4.05. The molecule has 0 heterocycles. The molecule has 0 radical (unpaired) electrons. The average Bonchev–Trinajstić information content (AvgIpc) is 2.16. The molecule has 0 bridgehead atoms. The van der Waals surface area contributed by atoms with Gasteiger partial charge < -0.3 is 5.32 Å². The molecule has 0 saturated carbocycles. The molecule has 0 fully saturated rings. The fourth-order valence-corrected chi connectivity index (χ4v) is 1.03. The highest BCUT2D eigenvalue weighted by Gasteiger charge is 2.58. The Morgan fingerprint density at radius 3 is 2.13 bits per heavy atom. The quantitative estimate of drug-likeness (QED) is 0.761. The molecule has 0 unspecified atom stereocenters. The van der Waals surface area contributed by atoms with E-state index >= 15 is 0 Å². The Hall–Kier alpha value is -1.33. The fraction of sp³-hybridized carbons (Fsp3) is 0.333. The molecule has 0 saturated heterocycles. The van der Waals surface area contributed by atoms with E-state index in [0.29, 0.717) is 0 Å². The Bertz CT molecular complexity index is 345. The maximum absolute atomic E-state index is 12.8. The molecule has 6 heteroatoms. The van der Waals surface area contributed by atoms with E-state index in [9.17, 15) is 22.0 Å². The van der Waals surface area contributed by atoms with E-state index in [4.69, 9.17) is 0 Å². The molecule has 1 nitrogen and oxygen atoms in total. The third-order valence-corrected chi connectivity index (χ3v) is 1.87. The molecular weight excluding hydrogens is 217 g/mol. The highest BCUT2D eigenvalue weighted by atomic mass is 19.4. The van der Waals surface area contributed by atoms with Crippen LogP contribution >= 0.6 is 0 Å². The number of rotatable bonds is 2. The van der Waals surface area contributed by atoms with Gasteiger partial charge in [0.15, 0.2) is 0 Å². The van der Waals surface area contributed by atoms with E-state index in [1.165, 1.54) is 13.1 Å². The normalized spacial score (nSPS) is 12.7. The fourth-order valence-electron chi connectivity index (χ4n) is 1.03. The van der Waals surface area contributed by atoms with Crippen molar-refractivity contribution in [3.63, 3.8) is 0 Å². The number of anilines is 1. The van der Waals surface area contributed by atoms with Gasteiger partial charge in [0.05, 0.1) is 0 Å². The van der Waals surface area contributed by atoms with Crippen molar-refractivity contribution in [2.75, 3.05) is 12.4 Å². The van der Waals surface area contributed by atoms with Crippen LogP contribution in [0.3, 0.4) is 0 Å². The van der Waals surface area contributed by atoms with Crippen LogP contribution in [0.2, 0.25) is 0 Å². The standard InChI is InChI=1S/C9H8F5N/c1-15-7-4-2-3-6(5-7)8(10,11)9(12,13)14/h2-5,15H,1H3. The van der Waals surface area contributed by atoms with Crippen LogP contribution in [0.15, 0.2) is 24.3 Å².